The molecule has 0 aromatic heterocycles. The Morgan fingerprint density at radius 3 is 2.55 bits per heavy atom. The Bertz CT molecular complexity index is 1100. The fraction of sp³-hybridized carbons (Fsp3) is 0.304. The number of fused-ring (bicyclic) bond motifs is 1. The fourth-order valence-electron chi connectivity index (χ4n) is 4.10. The molecule has 2 amide bonds. The van der Waals surface area contributed by atoms with E-state index < -0.39 is 11.9 Å². The van der Waals surface area contributed by atoms with Crippen molar-refractivity contribution < 1.29 is 23.6 Å². The lowest BCUT2D eigenvalue weighted by Gasteiger charge is -2.29. The Kier molecular flexibility index (Phi) is 5.62. The molecule has 4 rings (SSSR count). The van der Waals surface area contributed by atoms with Crippen molar-refractivity contribution in [3.05, 3.63) is 69.5 Å². The smallest absolute Gasteiger partial charge is 0.255 e. The molecule has 2 aromatic rings. The standard InChI is InChI=1S/C23H20ClFN2O4/c1-12(13-2-4-14(25)5-3-13)26-22(30)17-8-7-16-18(21(17)24)11-27(23(16)31)19-9-6-15(28)10-20(19)29/h2-5,7-8,12,19H,6,9-11H2,1H3,(H,26,30)/t12-,19?/m0/s1. The lowest BCUT2D eigenvalue weighted by Crippen LogP contribution is -2.44. The van der Waals surface area contributed by atoms with Gasteiger partial charge in [-0.3, -0.25) is 19.2 Å². The minimum atomic E-state index is -0.649. The van der Waals surface area contributed by atoms with Crippen LogP contribution in [0.1, 0.15) is 64.1 Å². The summed E-state index contributed by atoms with van der Waals surface area (Å²) in [5.41, 5.74) is 1.81. The van der Waals surface area contributed by atoms with Gasteiger partial charge in [0.05, 0.1) is 29.1 Å². The Hall–Kier alpha value is -3.06. The summed E-state index contributed by atoms with van der Waals surface area (Å²) in [5.74, 6) is -1.48. The summed E-state index contributed by atoms with van der Waals surface area (Å²) in [4.78, 5) is 50.9. The molecule has 6 nitrogen and oxygen atoms in total. The summed E-state index contributed by atoms with van der Waals surface area (Å²) in [6, 6.07) is 7.82. The Labute approximate surface area is 183 Å². The molecule has 0 spiro atoms. The summed E-state index contributed by atoms with van der Waals surface area (Å²) < 4.78 is 13.1. The molecule has 1 N–H and O–H groups in total. The molecule has 0 radical (unpaired) electrons. The van der Waals surface area contributed by atoms with Gasteiger partial charge in [-0.2, -0.15) is 0 Å². The van der Waals surface area contributed by atoms with E-state index in [9.17, 15) is 23.6 Å². The maximum absolute atomic E-state index is 13.1. The quantitative estimate of drug-likeness (QED) is 0.733. The van der Waals surface area contributed by atoms with E-state index in [0.717, 1.165) is 5.56 Å². The summed E-state index contributed by atoms with van der Waals surface area (Å²) in [7, 11) is 0. The second-order valence-corrected chi connectivity index (χ2v) is 8.25. The predicted octanol–water partition coefficient (Wildman–Crippen LogP) is 3.62. The summed E-state index contributed by atoms with van der Waals surface area (Å²) in [5, 5.41) is 2.99. The zero-order valence-corrected chi connectivity index (χ0v) is 17.5. The molecule has 0 saturated heterocycles. The molecule has 1 fully saturated rings. The van der Waals surface area contributed by atoms with Gasteiger partial charge in [0.25, 0.3) is 11.8 Å². The molecule has 1 saturated carbocycles. The predicted molar refractivity (Wildman–Crippen MR) is 111 cm³/mol. The van der Waals surface area contributed by atoms with Crippen LogP contribution in [0, 0.1) is 5.82 Å². The first kappa shape index (κ1) is 21.2. The van der Waals surface area contributed by atoms with E-state index in [0.29, 0.717) is 17.5 Å². The minimum Gasteiger partial charge on any atom is -0.345 e. The minimum absolute atomic E-state index is 0.113. The van der Waals surface area contributed by atoms with Crippen LogP contribution in [0.25, 0.3) is 0 Å². The molecule has 2 aliphatic rings. The first-order valence-corrected chi connectivity index (χ1v) is 10.4. The van der Waals surface area contributed by atoms with Gasteiger partial charge in [0.1, 0.15) is 11.6 Å². The zero-order valence-electron chi connectivity index (χ0n) is 16.8. The van der Waals surface area contributed by atoms with Crippen molar-refractivity contribution >= 4 is 35.0 Å². The monoisotopic (exact) mass is 442 g/mol. The van der Waals surface area contributed by atoms with Gasteiger partial charge in [0.2, 0.25) is 0 Å². The Morgan fingerprint density at radius 2 is 1.87 bits per heavy atom. The number of nitrogens with zero attached hydrogens (tertiary/aromatic N) is 1. The van der Waals surface area contributed by atoms with E-state index in [-0.39, 0.29) is 59.3 Å². The van der Waals surface area contributed by atoms with Crippen molar-refractivity contribution in [1.82, 2.24) is 10.2 Å². The van der Waals surface area contributed by atoms with Gasteiger partial charge < -0.3 is 10.2 Å². The van der Waals surface area contributed by atoms with Gasteiger partial charge in [0.15, 0.2) is 5.78 Å². The largest absolute Gasteiger partial charge is 0.345 e. The summed E-state index contributed by atoms with van der Waals surface area (Å²) >= 11 is 6.50. The SMILES string of the molecule is C[C@H](NC(=O)c1ccc2c(c1Cl)CN(C1CCC(=O)CC1=O)C2=O)c1ccc(F)cc1. The first-order valence-electron chi connectivity index (χ1n) is 9.99. The van der Waals surface area contributed by atoms with Crippen molar-refractivity contribution in [1.29, 1.82) is 0 Å². The number of halogens is 2. The van der Waals surface area contributed by atoms with E-state index >= 15 is 0 Å². The number of carbonyl (C=O) groups is 4. The second kappa shape index (κ2) is 8.23. The number of benzene rings is 2. The van der Waals surface area contributed by atoms with Gasteiger partial charge >= 0.3 is 0 Å². The molecule has 8 heteroatoms. The first-order chi connectivity index (χ1) is 14.8. The number of amides is 2. The number of carbonyl (C=O) groups excluding carboxylic acids is 4. The highest BCUT2D eigenvalue weighted by Crippen LogP contribution is 2.35. The molecular weight excluding hydrogens is 423 g/mol. The highest BCUT2D eigenvalue weighted by atomic mass is 35.5. The highest BCUT2D eigenvalue weighted by molar-refractivity contribution is 6.35. The molecule has 1 aliphatic heterocycles. The normalized spacial score (nSPS) is 19.4. The maximum atomic E-state index is 13.1. The number of nitrogens with one attached hydrogen (secondary N) is 1. The second-order valence-electron chi connectivity index (χ2n) is 7.87. The molecule has 0 bridgehead atoms. The third-order valence-electron chi connectivity index (χ3n) is 5.84. The van der Waals surface area contributed by atoms with Crippen molar-refractivity contribution in [3.63, 3.8) is 0 Å². The number of rotatable bonds is 4. The lowest BCUT2D eigenvalue weighted by atomic mass is 9.92. The van der Waals surface area contributed by atoms with Crippen LogP contribution in [0.15, 0.2) is 36.4 Å². The van der Waals surface area contributed by atoms with Gasteiger partial charge in [-0.25, -0.2) is 4.39 Å². The van der Waals surface area contributed by atoms with Crippen LogP contribution in [0.4, 0.5) is 4.39 Å². The van der Waals surface area contributed by atoms with Gasteiger partial charge in [-0.05, 0) is 43.2 Å². The third kappa shape index (κ3) is 3.97. The molecule has 1 unspecified atom stereocenters. The molecular formula is C23H20ClFN2O4. The topological polar surface area (TPSA) is 83.6 Å². The number of hydrogen-bond donors (Lipinski definition) is 1. The van der Waals surface area contributed by atoms with E-state index in [1.165, 1.54) is 23.1 Å². The fourth-order valence-corrected chi connectivity index (χ4v) is 4.41. The summed E-state index contributed by atoms with van der Waals surface area (Å²) in [6.45, 7) is 1.89. The van der Waals surface area contributed by atoms with Crippen molar-refractivity contribution in [2.75, 3.05) is 0 Å². The van der Waals surface area contributed by atoms with Crippen LogP contribution in [-0.2, 0) is 16.1 Å². The highest BCUT2D eigenvalue weighted by Gasteiger charge is 2.40. The number of Topliss-reactive ketones (excluding diaryl/α,β-unsaturated/α-hetero) is 2. The van der Waals surface area contributed by atoms with Gasteiger partial charge in [-0.15, -0.1) is 0 Å². The molecule has 1 aliphatic carbocycles. The molecule has 160 valence electrons. The van der Waals surface area contributed by atoms with E-state index in [4.69, 9.17) is 11.6 Å². The van der Waals surface area contributed by atoms with Crippen LogP contribution in [0.5, 0.6) is 0 Å². The van der Waals surface area contributed by atoms with E-state index in [2.05, 4.69) is 5.32 Å². The number of ketones is 2. The molecule has 31 heavy (non-hydrogen) atoms. The van der Waals surface area contributed by atoms with Crippen LogP contribution in [0.3, 0.4) is 0 Å². The van der Waals surface area contributed by atoms with Crippen LogP contribution >= 0.6 is 11.6 Å². The third-order valence-corrected chi connectivity index (χ3v) is 6.27. The average molecular weight is 443 g/mol. The van der Waals surface area contributed by atoms with Crippen LogP contribution in [-0.4, -0.2) is 34.3 Å². The van der Waals surface area contributed by atoms with Gasteiger partial charge in [-0.1, -0.05) is 23.7 Å². The lowest BCUT2D eigenvalue weighted by molar-refractivity contribution is -0.133. The maximum Gasteiger partial charge on any atom is 0.255 e. The molecule has 2 atom stereocenters. The zero-order chi connectivity index (χ0) is 22.3. The average Bonchev–Trinajstić information content (AvgIpc) is 3.06. The Balaban J connectivity index is 1.54. The molecule has 1 heterocycles. The van der Waals surface area contributed by atoms with E-state index in [1.807, 2.05) is 0 Å². The van der Waals surface area contributed by atoms with E-state index in [1.54, 1.807) is 25.1 Å². The Morgan fingerprint density at radius 1 is 1.16 bits per heavy atom. The van der Waals surface area contributed by atoms with Crippen molar-refractivity contribution in [2.45, 2.75) is 44.8 Å². The van der Waals surface area contributed by atoms with Crippen LogP contribution < -0.4 is 5.32 Å². The molecule has 2 aromatic carbocycles. The summed E-state index contributed by atoms with van der Waals surface area (Å²) in [6.07, 6.45) is 0.407. The number of hydrogen-bond acceptors (Lipinski definition) is 4. The van der Waals surface area contributed by atoms with Crippen LogP contribution in [0.2, 0.25) is 5.02 Å². The van der Waals surface area contributed by atoms with Crippen molar-refractivity contribution in [3.8, 4) is 0 Å². The van der Waals surface area contributed by atoms with Gasteiger partial charge in [0, 0.05) is 24.1 Å². The van der Waals surface area contributed by atoms with Crippen molar-refractivity contribution in [2.24, 2.45) is 0 Å².